The normalized spacial score (nSPS) is 11.9. The van der Waals surface area contributed by atoms with Gasteiger partial charge in [-0.3, -0.25) is 4.79 Å². The fourth-order valence-electron chi connectivity index (χ4n) is 0.981. The van der Waals surface area contributed by atoms with E-state index in [1.807, 2.05) is 7.74 Å². The number of carbonyl (C=O) groups is 2. The average molecular weight is 230 g/mol. The summed E-state index contributed by atoms with van der Waals surface area (Å²) in [5, 5.41) is 0. The van der Waals surface area contributed by atoms with Gasteiger partial charge < -0.3 is 14.1 Å². The first-order valence-corrected chi connectivity index (χ1v) is 5.54. The maximum absolute atomic E-state index is 11.2. The van der Waals surface area contributed by atoms with Crippen molar-refractivity contribution in [1.29, 1.82) is 0 Å². The molecule has 0 rings (SSSR count). The van der Waals surface area contributed by atoms with Crippen molar-refractivity contribution in [3.8, 4) is 0 Å². The molecule has 0 radical (unpaired) electrons. The van der Waals surface area contributed by atoms with Gasteiger partial charge in [0.2, 0.25) is 0 Å². The van der Waals surface area contributed by atoms with Gasteiger partial charge in [0.25, 0.3) is 0 Å². The second-order valence-corrected chi connectivity index (χ2v) is 3.83. The lowest BCUT2D eigenvalue weighted by Crippen LogP contribution is -2.18. The van der Waals surface area contributed by atoms with Crippen LogP contribution in [0, 0.1) is 0 Å². The topological polar surface area (TPSA) is 52.6 Å². The molecular weight excluding hydrogens is 213 g/mol. The molecule has 0 heterocycles. The van der Waals surface area contributed by atoms with Crippen molar-refractivity contribution >= 4 is 36.1 Å². The Labute approximate surface area is 94.4 Å². The highest BCUT2D eigenvalue weighted by atomic mass is 31.0. The zero-order valence-electron chi connectivity index (χ0n) is 9.32. The van der Waals surface area contributed by atoms with E-state index in [1.54, 1.807) is 0 Å². The molecule has 4 nitrogen and oxygen atoms in total. The highest BCUT2D eigenvalue weighted by Gasteiger charge is 2.11. The van der Waals surface area contributed by atoms with Gasteiger partial charge in [-0.1, -0.05) is 0 Å². The first kappa shape index (κ1) is 14.7. The molecule has 0 N–H and O–H groups in total. The first-order chi connectivity index (χ1) is 7.10. The van der Waals surface area contributed by atoms with Gasteiger partial charge in [-0.05, 0) is 12.7 Å². The van der Waals surface area contributed by atoms with E-state index < -0.39 is 0 Å². The number of rotatable bonds is 8. The molecule has 0 saturated heterocycles. The molecule has 0 fully saturated rings. The third-order valence-corrected chi connectivity index (χ3v) is 2.26. The summed E-state index contributed by atoms with van der Waals surface area (Å²) in [4.78, 5) is 21.8. The van der Waals surface area contributed by atoms with E-state index in [9.17, 15) is 9.59 Å². The van der Waals surface area contributed by atoms with E-state index in [4.69, 9.17) is 9.26 Å². The largest absolute Gasteiger partial charge is 0.466 e. The monoisotopic (exact) mass is 230 g/mol. The Morgan fingerprint density at radius 2 is 2.07 bits per heavy atom. The Hall–Kier alpha value is -0.340. The molecule has 0 amide bonds. The van der Waals surface area contributed by atoms with E-state index in [2.05, 4.69) is 9.47 Å². The number of ketones is 1. The van der Waals surface area contributed by atoms with Crippen molar-refractivity contribution in [2.75, 3.05) is 13.2 Å². The Kier molecular flexibility index (Phi) is 8.73. The standard InChI is InChI=1S/C8H17B2O4P/c1-6(11)2-3-8(12)13-4-7(10-9)5-14-15/h7,10H,2-5,9,15H2,1H3/t7-/m0/s1. The molecule has 0 saturated carbocycles. The molecule has 0 aromatic carbocycles. The summed E-state index contributed by atoms with van der Waals surface area (Å²) < 4.78 is 9.91. The molecule has 7 heteroatoms. The van der Waals surface area contributed by atoms with Gasteiger partial charge in [-0.15, -0.1) is 0 Å². The lowest BCUT2D eigenvalue weighted by Gasteiger charge is -2.12. The van der Waals surface area contributed by atoms with Crippen LogP contribution < -0.4 is 0 Å². The lowest BCUT2D eigenvalue weighted by atomic mass is 9.48. The molecule has 0 bridgehead atoms. The highest BCUT2D eigenvalue weighted by Crippen LogP contribution is 2.06. The Morgan fingerprint density at radius 1 is 1.40 bits per heavy atom. The van der Waals surface area contributed by atoms with Gasteiger partial charge in [0.15, 0.2) is 0 Å². The maximum Gasteiger partial charge on any atom is 0.306 e. The van der Waals surface area contributed by atoms with E-state index in [0.717, 1.165) is 7.17 Å². The van der Waals surface area contributed by atoms with Crippen LogP contribution in [-0.2, 0) is 18.8 Å². The minimum Gasteiger partial charge on any atom is -0.466 e. The van der Waals surface area contributed by atoms with Gasteiger partial charge in [0, 0.05) is 22.5 Å². The minimum atomic E-state index is -0.313. The van der Waals surface area contributed by atoms with Gasteiger partial charge in [0.1, 0.15) is 5.78 Å². The molecule has 1 unspecified atom stereocenters. The molecule has 15 heavy (non-hydrogen) atoms. The van der Waals surface area contributed by atoms with Crippen LogP contribution in [0.2, 0.25) is 5.82 Å². The second-order valence-electron chi connectivity index (χ2n) is 3.49. The molecule has 0 aliphatic heterocycles. The van der Waals surface area contributed by atoms with Crippen LogP contribution in [0.15, 0.2) is 0 Å². The Bertz CT molecular complexity index is 213. The van der Waals surface area contributed by atoms with Gasteiger partial charge in [-0.2, -0.15) is 0 Å². The average Bonchev–Trinajstić information content (AvgIpc) is 2.21. The summed E-state index contributed by atoms with van der Waals surface area (Å²) in [5.74, 6) is -0.0801. The third kappa shape index (κ3) is 8.64. The molecule has 0 aliphatic rings. The van der Waals surface area contributed by atoms with Gasteiger partial charge in [-0.25, -0.2) is 0 Å². The summed E-state index contributed by atoms with van der Waals surface area (Å²) in [6.07, 6.45) is 0.434. The van der Waals surface area contributed by atoms with Crippen molar-refractivity contribution in [2.45, 2.75) is 25.6 Å². The smallest absolute Gasteiger partial charge is 0.306 e. The zero-order valence-corrected chi connectivity index (χ0v) is 10.5. The number of ether oxygens (including phenoxy) is 1. The summed E-state index contributed by atoms with van der Waals surface area (Å²) in [6, 6.07) is 0. The summed E-state index contributed by atoms with van der Waals surface area (Å²) >= 11 is 0. The quantitative estimate of drug-likeness (QED) is 0.319. The predicted molar refractivity (Wildman–Crippen MR) is 66.0 cm³/mol. The second kappa shape index (κ2) is 8.93. The fraction of sp³-hybridized carbons (Fsp3) is 0.750. The first-order valence-electron chi connectivity index (χ1n) is 5.06. The van der Waals surface area contributed by atoms with Crippen molar-refractivity contribution < 1.29 is 18.8 Å². The van der Waals surface area contributed by atoms with Gasteiger partial charge in [0.05, 0.1) is 27.9 Å². The van der Waals surface area contributed by atoms with Crippen LogP contribution in [0.5, 0.6) is 0 Å². The van der Waals surface area contributed by atoms with Crippen LogP contribution in [0.1, 0.15) is 19.8 Å². The molecule has 0 aromatic rings. The van der Waals surface area contributed by atoms with E-state index in [1.165, 1.54) is 6.92 Å². The highest BCUT2D eigenvalue weighted by molar-refractivity contribution is 7.09. The number of hydrogen-bond donors (Lipinski definition) is 0. The zero-order chi connectivity index (χ0) is 11.7. The number of hydrogen-bond acceptors (Lipinski definition) is 4. The van der Waals surface area contributed by atoms with Crippen LogP contribution in [0.25, 0.3) is 0 Å². The van der Waals surface area contributed by atoms with Crippen LogP contribution in [0.4, 0.5) is 0 Å². The third-order valence-electron chi connectivity index (χ3n) is 2.07. The molecule has 0 aliphatic carbocycles. The molecule has 0 aromatic heterocycles. The number of carbonyl (C=O) groups excluding carboxylic acids is 2. The lowest BCUT2D eigenvalue weighted by molar-refractivity contribution is -0.144. The fourth-order valence-corrected chi connectivity index (χ4v) is 1.25. The summed E-state index contributed by atoms with van der Waals surface area (Å²) in [6.45, 7) is 2.38. The van der Waals surface area contributed by atoms with Crippen molar-refractivity contribution in [1.82, 2.24) is 0 Å². The van der Waals surface area contributed by atoms with E-state index >= 15 is 0 Å². The summed E-state index contributed by atoms with van der Waals surface area (Å²) in [5.41, 5.74) is 0. The summed E-state index contributed by atoms with van der Waals surface area (Å²) in [7, 11) is 5.08. The van der Waals surface area contributed by atoms with E-state index in [-0.39, 0.29) is 30.4 Å². The Balaban J connectivity index is 3.63. The minimum absolute atomic E-state index is 0.00674. The van der Waals surface area contributed by atoms with Crippen molar-refractivity contribution in [2.24, 2.45) is 0 Å². The molecule has 0 spiro atoms. The molecular formula is C8H17B2O4P. The molecule has 2 atom stereocenters. The molecule has 84 valence electrons. The Morgan fingerprint density at radius 3 is 2.53 bits per heavy atom. The van der Waals surface area contributed by atoms with Crippen molar-refractivity contribution in [3.05, 3.63) is 0 Å². The predicted octanol–water partition coefficient (Wildman–Crippen LogP) is -0.521. The van der Waals surface area contributed by atoms with Crippen LogP contribution in [0.3, 0.4) is 0 Å². The maximum atomic E-state index is 11.2. The van der Waals surface area contributed by atoms with Crippen LogP contribution >= 0.6 is 9.47 Å². The van der Waals surface area contributed by atoms with Gasteiger partial charge >= 0.3 is 5.97 Å². The van der Waals surface area contributed by atoms with E-state index in [0.29, 0.717) is 13.2 Å². The number of esters is 1. The van der Waals surface area contributed by atoms with Crippen molar-refractivity contribution in [3.63, 3.8) is 0 Å². The van der Waals surface area contributed by atoms with Crippen LogP contribution in [-0.4, -0.2) is 39.9 Å². The number of Topliss-reactive ketones (excluding diaryl/α,β-unsaturated/α-hetero) is 1. The SMILES string of the molecule is BB[C@H](COP)COC(=O)CCC(C)=O.